The molecule has 1 unspecified atom stereocenters. The fourth-order valence-electron chi connectivity index (χ4n) is 3.66. The second-order valence-electron chi connectivity index (χ2n) is 6.98. The number of methoxy groups -OCH3 is 1. The summed E-state index contributed by atoms with van der Waals surface area (Å²) in [5.41, 5.74) is 0.642. The van der Waals surface area contributed by atoms with E-state index in [4.69, 9.17) is 4.74 Å². The summed E-state index contributed by atoms with van der Waals surface area (Å²) in [7, 11) is 1.47. The maximum atomic E-state index is 13.9. The predicted molar refractivity (Wildman–Crippen MR) is 112 cm³/mol. The van der Waals surface area contributed by atoms with E-state index in [-0.39, 0.29) is 22.6 Å². The molecular weight excluding hydrogens is 401 g/mol. The van der Waals surface area contributed by atoms with Crippen molar-refractivity contribution < 1.29 is 28.9 Å². The van der Waals surface area contributed by atoms with E-state index in [1.165, 1.54) is 43.5 Å². The molecule has 4 rings (SSSR count). The Hall–Kier alpha value is -4.13. The van der Waals surface area contributed by atoms with Crippen LogP contribution in [0.3, 0.4) is 0 Å². The Morgan fingerprint density at radius 1 is 1.00 bits per heavy atom. The summed E-state index contributed by atoms with van der Waals surface area (Å²) >= 11 is 0. The highest BCUT2D eigenvalue weighted by molar-refractivity contribution is 6.51. The number of nitrogens with zero attached hydrogens (tertiary/aromatic N) is 1. The van der Waals surface area contributed by atoms with Crippen LogP contribution in [0.25, 0.3) is 5.76 Å². The van der Waals surface area contributed by atoms with Crippen LogP contribution in [-0.2, 0) is 9.59 Å². The van der Waals surface area contributed by atoms with Crippen molar-refractivity contribution in [3.63, 3.8) is 0 Å². The van der Waals surface area contributed by atoms with Gasteiger partial charge in [0.05, 0.1) is 18.7 Å². The molecule has 1 amide bonds. The highest BCUT2D eigenvalue weighted by atomic mass is 19.1. The largest absolute Gasteiger partial charge is 0.508 e. The molecule has 6 nitrogen and oxygen atoms in total. The summed E-state index contributed by atoms with van der Waals surface area (Å²) in [6, 6.07) is 16.6. The van der Waals surface area contributed by atoms with Crippen molar-refractivity contribution in [3.05, 3.63) is 95.3 Å². The SMILES string of the molecule is COc1cccc(/C(O)=C2\C(=O)C(=O)N(c3cccc(F)c3)C2c2cccc(O)c2)c1. The number of phenols is 1. The fourth-order valence-corrected chi connectivity index (χ4v) is 3.66. The maximum absolute atomic E-state index is 13.9. The Balaban J connectivity index is 1.96. The van der Waals surface area contributed by atoms with Gasteiger partial charge in [-0.3, -0.25) is 14.5 Å². The van der Waals surface area contributed by atoms with E-state index in [2.05, 4.69) is 0 Å². The van der Waals surface area contributed by atoms with Gasteiger partial charge in [0, 0.05) is 11.3 Å². The topological polar surface area (TPSA) is 87.1 Å². The first kappa shape index (κ1) is 20.2. The van der Waals surface area contributed by atoms with E-state index in [1.807, 2.05) is 0 Å². The van der Waals surface area contributed by atoms with Crippen LogP contribution >= 0.6 is 0 Å². The lowest BCUT2D eigenvalue weighted by Crippen LogP contribution is -2.29. The van der Waals surface area contributed by atoms with E-state index in [0.717, 1.165) is 11.0 Å². The van der Waals surface area contributed by atoms with Crippen LogP contribution in [0.15, 0.2) is 78.4 Å². The number of halogens is 1. The zero-order valence-electron chi connectivity index (χ0n) is 16.4. The van der Waals surface area contributed by atoms with Crippen molar-refractivity contribution in [2.24, 2.45) is 0 Å². The van der Waals surface area contributed by atoms with Crippen molar-refractivity contribution in [3.8, 4) is 11.5 Å². The summed E-state index contributed by atoms with van der Waals surface area (Å²) in [5.74, 6) is -2.44. The minimum Gasteiger partial charge on any atom is -0.508 e. The summed E-state index contributed by atoms with van der Waals surface area (Å²) in [6.07, 6.45) is 0. The average Bonchev–Trinajstić information content (AvgIpc) is 3.04. The Morgan fingerprint density at radius 3 is 2.45 bits per heavy atom. The van der Waals surface area contributed by atoms with Gasteiger partial charge in [-0.25, -0.2) is 4.39 Å². The third-order valence-electron chi connectivity index (χ3n) is 5.06. The average molecular weight is 419 g/mol. The lowest BCUT2D eigenvalue weighted by atomic mass is 9.95. The van der Waals surface area contributed by atoms with E-state index in [1.54, 1.807) is 30.3 Å². The monoisotopic (exact) mass is 419 g/mol. The van der Waals surface area contributed by atoms with Gasteiger partial charge in [-0.1, -0.05) is 30.3 Å². The van der Waals surface area contributed by atoms with E-state index in [9.17, 15) is 24.2 Å². The van der Waals surface area contributed by atoms with Gasteiger partial charge in [-0.2, -0.15) is 0 Å². The molecule has 156 valence electrons. The number of hydrogen-bond acceptors (Lipinski definition) is 5. The number of carbonyl (C=O) groups excluding carboxylic acids is 2. The molecule has 0 spiro atoms. The number of amides is 1. The summed E-state index contributed by atoms with van der Waals surface area (Å²) in [4.78, 5) is 27.1. The molecule has 0 aliphatic carbocycles. The van der Waals surface area contributed by atoms with Gasteiger partial charge in [0.1, 0.15) is 23.1 Å². The van der Waals surface area contributed by atoms with Crippen LogP contribution in [0.5, 0.6) is 11.5 Å². The van der Waals surface area contributed by atoms with Gasteiger partial charge in [-0.15, -0.1) is 0 Å². The van der Waals surface area contributed by atoms with Crippen LogP contribution in [0.2, 0.25) is 0 Å². The lowest BCUT2D eigenvalue weighted by Gasteiger charge is -2.25. The molecule has 2 N–H and O–H groups in total. The number of ether oxygens (including phenoxy) is 1. The molecule has 3 aromatic carbocycles. The number of rotatable bonds is 4. The van der Waals surface area contributed by atoms with Crippen molar-refractivity contribution >= 4 is 23.1 Å². The fraction of sp³-hybridized carbons (Fsp3) is 0.0833. The Bertz CT molecular complexity index is 1220. The molecule has 0 saturated carbocycles. The first-order valence-electron chi connectivity index (χ1n) is 9.40. The van der Waals surface area contributed by atoms with Crippen molar-refractivity contribution in [2.75, 3.05) is 12.0 Å². The molecule has 1 saturated heterocycles. The molecule has 0 bridgehead atoms. The van der Waals surface area contributed by atoms with Gasteiger partial charge < -0.3 is 14.9 Å². The number of aliphatic hydroxyl groups excluding tert-OH is 1. The second kappa shape index (κ2) is 7.95. The maximum Gasteiger partial charge on any atom is 0.300 e. The molecule has 3 aromatic rings. The number of aromatic hydroxyl groups is 1. The van der Waals surface area contributed by atoms with Crippen LogP contribution in [0, 0.1) is 5.82 Å². The standard InChI is InChI=1S/C24H18FNO5/c1-31-19-10-3-6-15(12-19)22(28)20-21(14-5-2-9-18(27)11-14)26(24(30)23(20)29)17-8-4-7-16(25)13-17/h2-13,21,27-28H,1H3/b22-20+. The lowest BCUT2D eigenvalue weighted by molar-refractivity contribution is -0.132. The summed E-state index contributed by atoms with van der Waals surface area (Å²) in [6.45, 7) is 0. The number of phenolic OH excluding ortho intramolecular Hbond substituents is 1. The first-order valence-corrected chi connectivity index (χ1v) is 9.40. The van der Waals surface area contributed by atoms with Crippen LogP contribution in [0.4, 0.5) is 10.1 Å². The number of Topliss-reactive ketones (excluding diaryl/α,β-unsaturated/α-hetero) is 1. The van der Waals surface area contributed by atoms with Crippen LogP contribution < -0.4 is 9.64 Å². The molecule has 31 heavy (non-hydrogen) atoms. The Morgan fingerprint density at radius 2 is 1.74 bits per heavy atom. The minimum atomic E-state index is -1.07. The molecule has 1 heterocycles. The Labute approximate surface area is 177 Å². The molecule has 0 aromatic heterocycles. The van der Waals surface area contributed by atoms with Crippen molar-refractivity contribution in [2.45, 2.75) is 6.04 Å². The minimum absolute atomic E-state index is 0.0799. The van der Waals surface area contributed by atoms with E-state index < -0.39 is 29.3 Å². The van der Waals surface area contributed by atoms with E-state index in [0.29, 0.717) is 11.3 Å². The zero-order valence-corrected chi connectivity index (χ0v) is 16.4. The summed E-state index contributed by atoms with van der Waals surface area (Å²) in [5, 5.41) is 21.0. The molecule has 1 aliphatic rings. The van der Waals surface area contributed by atoms with Gasteiger partial charge in [0.25, 0.3) is 11.7 Å². The highest BCUT2D eigenvalue weighted by Gasteiger charge is 2.47. The number of ketones is 1. The second-order valence-corrected chi connectivity index (χ2v) is 6.98. The normalized spacial score (nSPS) is 17.7. The van der Waals surface area contributed by atoms with Gasteiger partial charge in [0.2, 0.25) is 0 Å². The number of anilines is 1. The number of carbonyl (C=O) groups is 2. The molecule has 1 aliphatic heterocycles. The zero-order chi connectivity index (χ0) is 22.1. The van der Waals surface area contributed by atoms with E-state index >= 15 is 0 Å². The Kier molecular flexibility index (Phi) is 5.17. The molecule has 7 heteroatoms. The van der Waals surface area contributed by atoms with Gasteiger partial charge >= 0.3 is 0 Å². The van der Waals surface area contributed by atoms with Crippen LogP contribution in [-0.4, -0.2) is 29.0 Å². The quantitative estimate of drug-likeness (QED) is 0.377. The van der Waals surface area contributed by atoms with Crippen molar-refractivity contribution in [1.29, 1.82) is 0 Å². The molecular formula is C24H18FNO5. The third kappa shape index (κ3) is 3.61. The smallest absolute Gasteiger partial charge is 0.300 e. The molecule has 1 atom stereocenters. The third-order valence-corrected chi connectivity index (χ3v) is 5.06. The van der Waals surface area contributed by atoms with Gasteiger partial charge in [-0.05, 0) is 48.0 Å². The van der Waals surface area contributed by atoms with Gasteiger partial charge in [0.15, 0.2) is 0 Å². The number of hydrogen-bond donors (Lipinski definition) is 2. The van der Waals surface area contributed by atoms with Crippen LogP contribution in [0.1, 0.15) is 17.2 Å². The predicted octanol–water partition coefficient (Wildman–Crippen LogP) is 4.17. The van der Waals surface area contributed by atoms with Crippen molar-refractivity contribution in [1.82, 2.24) is 0 Å². The first-order chi connectivity index (χ1) is 14.9. The molecule has 0 radical (unpaired) electrons. The highest BCUT2D eigenvalue weighted by Crippen LogP contribution is 2.43. The summed E-state index contributed by atoms with van der Waals surface area (Å²) < 4.78 is 19.1. The number of aliphatic hydroxyl groups is 1. The molecule has 1 fully saturated rings. The number of benzene rings is 3.